The summed E-state index contributed by atoms with van der Waals surface area (Å²) in [6, 6.07) is 33.4. The molecule has 7 rings (SSSR count). The topological polar surface area (TPSA) is 56.4 Å². The number of hydrogen-bond donors (Lipinski definition) is 0. The van der Waals surface area contributed by atoms with Crippen molar-refractivity contribution in [2.24, 2.45) is 0 Å². The average molecular weight is 461 g/mol. The zero-order chi connectivity index (χ0) is 24.6. The monoisotopic (exact) mass is 460 g/mol. The maximum absolute atomic E-state index is 9.79. The highest BCUT2D eigenvalue weighted by molar-refractivity contribution is 6.13. The summed E-state index contributed by atoms with van der Waals surface area (Å²) in [6.45, 7) is 4.36. The van der Waals surface area contributed by atoms with Gasteiger partial charge in [-0.05, 0) is 61.4 Å². The fourth-order valence-electron chi connectivity index (χ4n) is 5.90. The number of benzene rings is 4. The smallest absolute Gasteiger partial charge is 0.0992 e. The van der Waals surface area contributed by atoms with Gasteiger partial charge in [0.05, 0.1) is 56.4 Å². The largest absolute Gasteiger partial charge is 0.307 e. The first-order chi connectivity index (χ1) is 17.6. The molecule has 0 saturated heterocycles. The molecule has 0 atom stereocenters. The lowest BCUT2D eigenvalue weighted by Gasteiger charge is -2.11. The van der Waals surface area contributed by atoms with E-state index >= 15 is 0 Å². The standard InChI is InChI=1S/C32H20N4/c1-19-23-7-3-5-9-27(23)35-29-15-21(17-33)11-13-25(29)26-14-12-22(18-34)16-30(26)36-28-10-6-4-8-24(28)20(2)32(36)31(19)35/h3-16H,1-2H3. The maximum Gasteiger partial charge on any atom is 0.0992 e. The predicted molar refractivity (Wildman–Crippen MR) is 146 cm³/mol. The number of aromatic nitrogens is 2. The summed E-state index contributed by atoms with van der Waals surface area (Å²) in [6.07, 6.45) is 0. The second-order valence-electron chi connectivity index (χ2n) is 9.34. The molecule has 0 amide bonds. The normalized spacial score (nSPS) is 11.6. The Kier molecular flexibility index (Phi) is 4.08. The molecule has 36 heavy (non-hydrogen) atoms. The van der Waals surface area contributed by atoms with Crippen LogP contribution >= 0.6 is 0 Å². The van der Waals surface area contributed by atoms with E-state index in [9.17, 15) is 10.5 Å². The van der Waals surface area contributed by atoms with Gasteiger partial charge >= 0.3 is 0 Å². The van der Waals surface area contributed by atoms with Gasteiger partial charge in [-0.1, -0.05) is 48.5 Å². The van der Waals surface area contributed by atoms with E-state index in [4.69, 9.17) is 0 Å². The minimum absolute atomic E-state index is 0.614. The summed E-state index contributed by atoms with van der Waals surface area (Å²) in [5, 5.41) is 24.0. The highest BCUT2D eigenvalue weighted by Crippen LogP contribution is 2.38. The summed E-state index contributed by atoms with van der Waals surface area (Å²) in [5.74, 6) is 0. The molecule has 3 aromatic heterocycles. The van der Waals surface area contributed by atoms with Crippen LogP contribution in [-0.2, 0) is 0 Å². The minimum atomic E-state index is 0.614. The van der Waals surface area contributed by atoms with Crippen molar-refractivity contribution in [3.05, 3.63) is 107 Å². The molecular formula is C32H20N4. The van der Waals surface area contributed by atoms with Gasteiger partial charge in [0.25, 0.3) is 0 Å². The minimum Gasteiger partial charge on any atom is -0.307 e. The molecule has 7 aromatic rings. The molecule has 0 bridgehead atoms. The molecule has 3 heterocycles. The molecule has 4 nitrogen and oxygen atoms in total. The van der Waals surface area contributed by atoms with Gasteiger partial charge in [-0.15, -0.1) is 0 Å². The summed E-state index contributed by atoms with van der Waals surface area (Å²) in [5.41, 5.74) is 9.96. The van der Waals surface area contributed by atoms with Crippen LogP contribution in [0, 0.1) is 36.5 Å². The number of nitriles is 2. The Labute approximate surface area is 207 Å². The van der Waals surface area contributed by atoms with Gasteiger partial charge < -0.3 is 8.80 Å². The number of hydrogen-bond acceptors (Lipinski definition) is 2. The summed E-state index contributed by atoms with van der Waals surface area (Å²) in [7, 11) is 0. The molecule has 0 fully saturated rings. The first-order valence-corrected chi connectivity index (χ1v) is 11.9. The van der Waals surface area contributed by atoms with Crippen LogP contribution in [0.3, 0.4) is 0 Å². The van der Waals surface area contributed by atoms with Gasteiger partial charge in [-0.25, -0.2) is 0 Å². The lowest BCUT2D eigenvalue weighted by molar-refractivity contribution is 1.28. The van der Waals surface area contributed by atoms with Gasteiger partial charge in [-0.2, -0.15) is 10.5 Å². The number of fused-ring (bicyclic) bond motifs is 12. The van der Waals surface area contributed by atoms with Crippen LogP contribution in [-0.4, -0.2) is 8.80 Å². The molecule has 0 unspecified atom stereocenters. The Morgan fingerprint density at radius 3 is 1.33 bits per heavy atom. The van der Waals surface area contributed by atoms with Crippen LogP contribution in [0.4, 0.5) is 0 Å². The molecule has 0 spiro atoms. The Balaban J connectivity index is 2.01. The number of rotatable bonds is 0. The van der Waals surface area contributed by atoms with Crippen molar-refractivity contribution in [1.29, 1.82) is 10.5 Å². The molecule has 0 saturated carbocycles. The van der Waals surface area contributed by atoms with Gasteiger partial charge in [0.2, 0.25) is 0 Å². The van der Waals surface area contributed by atoms with E-state index in [-0.39, 0.29) is 0 Å². The molecule has 168 valence electrons. The van der Waals surface area contributed by atoms with Gasteiger partial charge in [0, 0.05) is 21.5 Å². The summed E-state index contributed by atoms with van der Waals surface area (Å²) >= 11 is 0. The molecule has 0 aliphatic carbocycles. The molecule has 0 radical (unpaired) electrons. The van der Waals surface area contributed by atoms with E-state index < -0.39 is 0 Å². The molecule has 0 aliphatic heterocycles. The first kappa shape index (κ1) is 20.3. The van der Waals surface area contributed by atoms with Gasteiger partial charge in [0.1, 0.15) is 0 Å². The quantitative estimate of drug-likeness (QED) is 0.232. The van der Waals surface area contributed by atoms with Crippen LogP contribution in [0.15, 0.2) is 84.9 Å². The third kappa shape index (κ3) is 2.51. The average Bonchev–Trinajstić information content (AvgIpc) is 3.37. The zero-order valence-electron chi connectivity index (χ0n) is 19.9. The number of aryl methyl sites for hydroxylation is 2. The van der Waals surface area contributed by atoms with Crippen LogP contribution in [0.1, 0.15) is 22.3 Å². The van der Waals surface area contributed by atoms with Crippen LogP contribution < -0.4 is 0 Å². The summed E-state index contributed by atoms with van der Waals surface area (Å²) < 4.78 is 4.64. The van der Waals surface area contributed by atoms with E-state index in [2.05, 4.69) is 83.3 Å². The second-order valence-corrected chi connectivity index (χ2v) is 9.34. The zero-order valence-corrected chi connectivity index (χ0v) is 19.9. The Morgan fingerprint density at radius 1 is 0.500 bits per heavy atom. The highest BCUT2D eigenvalue weighted by atomic mass is 15.0. The van der Waals surface area contributed by atoms with Crippen LogP contribution in [0.25, 0.3) is 54.6 Å². The van der Waals surface area contributed by atoms with E-state index in [1.807, 2.05) is 36.4 Å². The Hall–Kier alpha value is -5.06. The predicted octanol–water partition coefficient (Wildman–Crippen LogP) is 7.73. The molecule has 0 aliphatic rings. The molecule has 4 heteroatoms. The van der Waals surface area contributed by atoms with E-state index in [1.165, 1.54) is 21.9 Å². The van der Waals surface area contributed by atoms with Crippen molar-refractivity contribution in [2.75, 3.05) is 0 Å². The molecule has 4 aromatic carbocycles. The number of para-hydroxylation sites is 2. The van der Waals surface area contributed by atoms with Crippen molar-refractivity contribution in [3.8, 4) is 12.1 Å². The van der Waals surface area contributed by atoms with Crippen LogP contribution in [0.2, 0.25) is 0 Å². The van der Waals surface area contributed by atoms with E-state index in [1.54, 1.807) is 0 Å². The van der Waals surface area contributed by atoms with Gasteiger partial charge in [-0.3, -0.25) is 0 Å². The van der Waals surface area contributed by atoms with Crippen molar-refractivity contribution >= 4 is 54.6 Å². The SMILES string of the molecule is Cc1c2ccccc2n2c3cc(C#N)ccc3c3ccc(C#N)cc3n3c4ccccc4c(C)c3c12. The fraction of sp³-hybridized carbons (Fsp3) is 0.0625. The summed E-state index contributed by atoms with van der Waals surface area (Å²) in [4.78, 5) is 0. The van der Waals surface area contributed by atoms with E-state index in [0.717, 1.165) is 43.9 Å². The molecule has 0 N–H and O–H groups in total. The Morgan fingerprint density at radius 2 is 0.917 bits per heavy atom. The van der Waals surface area contributed by atoms with Crippen molar-refractivity contribution in [3.63, 3.8) is 0 Å². The third-order valence-electron chi connectivity index (χ3n) is 7.51. The fourth-order valence-corrected chi connectivity index (χ4v) is 5.90. The highest BCUT2D eigenvalue weighted by Gasteiger charge is 2.19. The van der Waals surface area contributed by atoms with E-state index in [0.29, 0.717) is 11.1 Å². The van der Waals surface area contributed by atoms with Gasteiger partial charge in [0.15, 0.2) is 0 Å². The maximum atomic E-state index is 9.79. The first-order valence-electron chi connectivity index (χ1n) is 11.9. The van der Waals surface area contributed by atoms with Crippen molar-refractivity contribution in [1.82, 2.24) is 8.80 Å². The van der Waals surface area contributed by atoms with Crippen molar-refractivity contribution < 1.29 is 0 Å². The second kappa shape index (κ2) is 7.22. The number of nitrogens with zero attached hydrogens (tertiary/aromatic N) is 4. The lowest BCUT2D eigenvalue weighted by Crippen LogP contribution is -1.95. The van der Waals surface area contributed by atoms with Crippen LogP contribution in [0.5, 0.6) is 0 Å². The lowest BCUT2D eigenvalue weighted by atomic mass is 10.1. The van der Waals surface area contributed by atoms with Crippen molar-refractivity contribution in [2.45, 2.75) is 13.8 Å². The molecular weight excluding hydrogens is 440 g/mol. The Bertz CT molecular complexity index is 2040. The third-order valence-corrected chi connectivity index (χ3v) is 7.51.